The van der Waals surface area contributed by atoms with Crippen molar-refractivity contribution in [2.45, 2.75) is 31.4 Å². The first-order valence-electron chi connectivity index (χ1n) is 11.4. The van der Waals surface area contributed by atoms with Gasteiger partial charge in [-0.1, -0.05) is 0 Å². The van der Waals surface area contributed by atoms with Gasteiger partial charge in [-0.2, -0.15) is 0 Å². The number of ketones is 2. The maximum atomic E-state index is 13.8. The highest BCUT2D eigenvalue weighted by Gasteiger charge is 2.43. The van der Waals surface area contributed by atoms with Crippen LogP contribution in [0, 0.1) is 5.92 Å². The van der Waals surface area contributed by atoms with Crippen molar-refractivity contribution >= 4 is 29.1 Å². The fourth-order valence-corrected chi connectivity index (χ4v) is 5.13. The average molecular weight is 518 g/mol. The number of primary amides is 1. The zero-order valence-corrected chi connectivity index (χ0v) is 21.2. The zero-order chi connectivity index (χ0) is 27.9. The van der Waals surface area contributed by atoms with Crippen LogP contribution in [0.2, 0.25) is 0 Å². The molecule has 1 unspecified atom stereocenters. The molecule has 0 spiro atoms. The Morgan fingerprint density at radius 3 is 2.24 bits per heavy atom. The van der Waals surface area contributed by atoms with E-state index in [4.69, 9.17) is 10.5 Å². The van der Waals surface area contributed by atoms with Crippen molar-refractivity contribution in [2.75, 3.05) is 40.2 Å². The van der Waals surface area contributed by atoms with Crippen LogP contribution >= 0.6 is 0 Å². The third kappa shape index (κ3) is 4.77. The number of anilines is 1. The van der Waals surface area contributed by atoms with E-state index in [-0.39, 0.29) is 29.5 Å². The van der Waals surface area contributed by atoms with Gasteiger partial charge in [0.2, 0.25) is 0 Å². The minimum Gasteiger partial charge on any atom is -0.511 e. The summed E-state index contributed by atoms with van der Waals surface area (Å²) >= 11 is 0. The lowest BCUT2D eigenvalue weighted by Crippen LogP contribution is -2.45. The summed E-state index contributed by atoms with van der Waals surface area (Å²) in [5.74, 6) is -6.93. The highest BCUT2D eigenvalue weighted by atomic mass is 16.5. The van der Waals surface area contributed by atoms with Gasteiger partial charge in [-0.15, -0.1) is 0 Å². The Morgan fingerprint density at radius 1 is 1.11 bits per heavy atom. The number of allylic oxidation sites excluding steroid dienone is 2. The van der Waals surface area contributed by atoms with Crippen LogP contribution in [-0.2, 0) is 20.7 Å². The summed E-state index contributed by atoms with van der Waals surface area (Å²) in [5, 5.41) is 43.8. The smallest absolute Gasteiger partial charge is 0.341 e. The summed E-state index contributed by atoms with van der Waals surface area (Å²) in [6.45, 7) is 0. The van der Waals surface area contributed by atoms with E-state index in [1.165, 1.54) is 25.1 Å². The van der Waals surface area contributed by atoms with E-state index in [9.17, 15) is 39.6 Å². The Labute approximate surface area is 213 Å². The van der Waals surface area contributed by atoms with E-state index in [1.807, 2.05) is 0 Å². The molecule has 6 N–H and O–H groups in total. The summed E-state index contributed by atoms with van der Waals surface area (Å²) in [7, 11) is 7.52. The molecule has 0 bridgehead atoms. The second kappa shape index (κ2) is 10.2. The minimum absolute atomic E-state index is 0.0432. The summed E-state index contributed by atoms with van der Waals surface area (Å²) < 4.78 is 4.73. The number of aliphatic hydroxyl groups excluding tert-OH is 3. The van der Waals surface area contributed by atoms with Crippen LogP contribution in [0.25, 0.3) is 0 Å². The number of phenols is 1. The molecule has 0 radical (unpaired) electrons. The van der Waals surface area contributed by atoms with Gasteiger partial charge in [0.15, 0.2) is 11.6 Å². The van der Waals surface area contributed by atoms with Crippen LogP contribution < -0.4 is 10.6 Å². The average Bonchev–Trinajstić information content (AvgIpc) is 2.77. The van der Waals surface area contributed by atoms with E-state index in [0.29, 0.717) is 11.3 Å². The molecule has 2 aliphatic carbocycles. The summed E-state index contributed by atoms with van der Waals surface area (Å²) in [5.41, 5.74) is 4.61. The third-order valence-electron chi connectivity index (χ3n) is 6.75. The highest BCUT2D eigenvalue weighted by Crippen LogP contribution is 2.44. The molecule has 1 amide bonds. The minimum atomic E-state index is -1.40. The van der Waals surface area contributed by atoms with Crippen molar-refractivity contribution in [2.24, 2.45) is 11.7 Å². The Morgan fingerprint density at radius 2 is 1.73 bits per heavy atom. The van der Waals surface area contributed by atoms with Crippen molar-refractivity contribution < 1.29 is 44.3 Å². The predicted molar refractivity (Wildman–Crippen MR) is 132 cm³/mol. The van der Waals surface area contributed by atoms with E-state index < -0.39 is 70.8 Å². The van der Waals surface area contributed by atoms with E-state index in [2.05, 4.69) is 0 Å². The van der Waals surface area contributed by atoms with Crippen LogP contribution in [-0.4, -0.2) is 96.2 Å². The van der Waals surface area contributed by atoms with Crippen molar-refractivity contribution in [1.29, 1.82) is 0 Å². The largest absolute Gasteiger partial charge is 0.511 e. The van der Waals surface area contributed by atoms with E-state index in [0.717, 1.165) is 7.11 Å². The summed E-state index contributed by atoms with van der Waals surface area (Å²) in [4.78, 5) is 54.1. The Bertz CT molecular complexity index is 1250. The van der Waals surface area contributed by atoms with Crippen LogP contribution in [0.3, 0.4) is 0 Å². The second-order valence-electron chi connectivity index (χ2n) is 9.56. The molecule has 3 rings (SSSR count). The summed E-state index contributed by atoms with van der Waals surface area (Å²) in [6.07, 6.45) is -2.35. The number of fused-ring (bicyclic) bond motifs is 2. The normalized spacial score (nSPS) is 26.4. The molecule has 3 atom stereocenters. The first kappa shape index (κ1) is 27.7. The maximum absolute atomic E-state index is 13.8. The fraction of sp³-hybridized carbons (Fsp3) is 0.440. The molecule has 37 heavy (non-hydrogen) atoms. The lowest BCUT2D eigenvalue weighted by atomic mass is 9.73. The van der Waals surface area contributed by atoms with Crippen LogP contribution in [0.1, 0.15) is 39.1 Å². The number of nitrogens with zero attached hydrogens (tertiary/aromatic N) is 2. The lowest BCUT2D eigenvalue weighted by Gasteiger charge is -2.36. The molecule has 12 nitrogen and oxygen atoms in total. The number of carbonyl (C=O) groups excluding carboxylic acids is 4. The molecule has 1 aromatic carbocycles. The third-order valence-corrected chi connectivity index (χ3v) is 6.75. The zero-order valence-electron chi connectivity index (χ0n) is 21.2. The Kier molecular flexibility index (Phi) is 7.65. The lowest BCUT2D eigenvalue weighted by molar-refractivity contribution is -0.121. The SMILES string of the molecule is COC(=O)c1cc(N(C)C)c2c(c1O)C(=O)/C1=C(\O)CC(=O)/C(C(N)=O)=C(/O)C(N(C)C)[C@@H](O)C[C@@H]1C2. The van der Waals surface area contributed by atoms with Gasteiger partial charge in [-0.25, -0.2) is 4.79 Å². The van der Waals surface area contributed by atoms with Gasteiger partial charge >= 0.3 is 5.97 Å². The van der Waals surface area contributed by atoms with E-state index in [1.54, 1.807) is 19.0 Å². The molecular formula is C25H31N3O9. The van der Waals surface area contributed by atoms with Crippen molar-refractivity contribution in [3.8, 4) is 5.75 Å². The number of hydrogen-bond donors (Lipinski definition) is 5. The van der Waals surface area contributed by atoms with Crippen LogP contribution in [0.5, 0.6) is 5.75 Å². The maximum Gasteiger partial charge on any atom is 0.341 e. The molecular weight excluding hydrogens is 486 g/mol. The Hall–Kier alpha value is -3.90. The van der Waals surface area contributed by atoms with Crippen molar-refractivity contribution in [3.05, 3.63) is 45.4 Å². The van der Waals surface area contributed by atoms with Gasteiger partial charge < -0.3 is 35.8 Å². The number of nitrogens with two attached hydrogens (primary N) is 1. The number of benzene rings is 1. The number of methoxy groups -OCH3 is 1. The molecule has 0 fully saturated rings. The first-order chi connectivity index (χ1) is 17.2. The Balaban J connectivity index is 2.32. The number of aromatic hydroxyl groups is 1. The van der Waals surface area contributed by atoms with E-state index >= 15 is 0 Å². The predicted octanol–water partition coefficient (Wildman–Crippen LogP) is 0.363. The highest BCUT2D eigenvalue weighted by molar-refractivity contribution is 6.21. The number of amides is 1. The van der Waals surface area contributed by atoms with Crippen molar-refractivity contribution in [3.63, 3.8) is 0 Å². The van der Waals surface area contributed by atoms with Gasteiger partial charge in [0.05, 0.1) is 31.2 Å². The quantitative estimate of drug-likeness (QED) is 0.274. The first-order valence-corrected chi connectivity index (χ1v) is 11.4. The molecule has 0 saturated heterocycles. The number of esters is 1. The molecule has 1 aromatic rings. The number of rotatable bonds is 4. The molecule has 0 aromatic heterocycles. The van der Waals surface area contributed by atoms with Crippen molar-refractivity contribution in [1.82, 2.24) is 4.90 Å². The number of Topliss-reactive ketones (excluding diaryl/α,β-unsaturated/α-hetero) is 2. The molecule has 0 saturated carbocycles. The molecule has 200 valence electrons. The van der Waals surface area contributed by atoms with Crippen LogP contribution in [0.4, 0.5) is 5.69 Å². The van der Waals surface area contributed by atoms with Gasteiger partial charge in [-0.3, -0.25) is 19.3 Å². The van der Waals surface area contributed by atoms with Gasteiger partial charge in [-0.05, 0) is 44.5 Å². The number of phenolic OH excluding ortho intramolecular Hbond substituents is 1. The molecule has 12 heteroatoms. The number of aliphatic hydroxyl groups is 3. The second-order valence-corrected chi connectivity index (χ2v) is 9.56. The monoisotopic (exact) mass is 517 g/mol. The van der Waals surface area contributed by atoms with Gasteiger partial charge in [0.1, 0.15) is 28.4 Å². The molecule has 0 aliphatic heterocycles. The number of carbonyl (C=O) groups is 4. The number of likely N-dealkylation sites (N-methyl/N-ethyl adjacent to an activating group) is 1. The number of ether oxygens (including phenoxy) is 1. The standard InChI is InChI=1S/C25H31N3O9/c1-27(2)13-8-12(25(36)37-5)21(32)18-11(13)6-10-7-16(31)20(28(3)4)23(34)19(24(26)35)15(30)9-14(29)17(10)22(18)33/h8,10,16,20,29,31-32,34H,6-7,9H2,1-5H3,(H2,26,35)/b17-14-,23-19-/t10-,16-,20?/m0/s1. The molecule has 2 aliphatic rings. The number of hydrogen-bond acceptors (Lipinski definition) is 11. The van der Waals surface area contributed by atoms with Crippen LogP contribution in [0.15, 0.2) is 28.7 Å². The topological polar surface area (TPSA) is 191 Å². The van der Waals surface area contributed by atoms with Gasteiger partial charge in [0.25, 0.3) is 5.91 Å². The van der Waals surface area contributed by atoms with Gasteiger partial charge in [0, 0.05) is 25.4 Å². The summed E-state index contributed by atoms with van der Waals surface area (Å²) in [6, 6.07) is 0.172. The fourth-order valence-electron chi connectivity index (χ4n) is 5.13. The molecule has 0 heterocycles.